The molecule has 0 saturated carbocycles. The Kier molecular flexibility index (Phi) is 4.03. The number of fused-ring (bicyclic) bond motifs is 3. The minimum absolute atomic E-state index is 1.09. The van der Waals surface area contributed by atoms with Gasteiger partial charge in [-0.15, -0.1) is 0 Å². The highest BCUT2D eigenvalue weighted by molar-refractivity contribution is 9.10. The Labute approximate surface area is 167 Å². The Hall–Kier alpha value is -2.90. The molecular formula is C26H17Br. The van der Waals surface area contributed by atoms with Crippen molar-refractivity contribution in [3.63, 3.8) is 0 Å². The smallest absolute Gasteiger partial charge is 0.0181 e. The van der Waals surface area contributed by atoms with Gasteiger partial charge in [-0.2, -0.15) is 0 Å². The molecule has 0 fully saturated rings. The van der Waals surface area contributed by atoms with Crippen molar-refractivity contribution in [3.8, 4) is 22.3 Å². The predicted octanol–water partition coefficient (Wildman–Crippen LogP) is 8.09. The van der Waals surface area contributed by atoms with Gasteiger partial charge >= 0.3 is 0 Å². The third kappa shape index (κ3) is 2.75. The molecule has 0 radical (unpaired) electrons. The van der Waals surface area contributed by atoms with E-state index in [2.05, 4.69) is 119 Å². The Morgan fingerprint density at radius 3 is 1.48 bits per heavy atom. The monoisotopic (exact) mass is 408 g/mol. The zero-order chi connectivity index (χ0) is 18.2. The molecule has 27 heavy (non-hydrogen) atoms. The molecule has 0 aromatic heterocycles. The lowest BCUT2D eigenvalue weighted by Crippen LogP contribution is -1.91. The van der Waals surface area contributed by atoms with Gasteiger partial charge in [0, 0.05) is 4.47 Å². The quantitative estimate of drug-likeness (QED) is 0.259. The van der Waals surface area contributed by atoms with Crippen molar-refractivity contribution in [1.82, 2.24) is 0 Å². The third-order valence-electron chi connectivity index (χ3n) is 5.11. The van der Waals surface area contributed by atoms with Gasteiger partial charge in [-0.1, -0.05) is 107 Å². The maximum atomic E-state index is 3.65. The molecule has 128 valence electrons. The molecule has 0 aliphatic heterocycles. The first-order valence-electron chi connectivity index (χ1n) is 9.08. The van der Waals surface area contributed by atoms with Gasteiger partial charge < -0.3 is 0 Å². The molecule has 0 spiro atoms. The first-order chi connectivity index (χ1) is 13.3. The van der Waals surface area contributed by atoms with Crippen LogP contribution in [0.15, 0.2) is 108 Å². The number of benzene rings is 5. The van der Waals surface area contributed by atoms with Crippen LogP contribution in [0, 0.1) is 0 Å². The minimum atomic E-state index is 1.09. The van der Waals surface area contributed by atoms with Crippen molar-refractivity contribution in [2.45, 2.75) is 0 Å². The normalized spacial score (nSPS) is 11.1. The van der Waals surface area contributed by atoms with Crippen molar-refractivity contribution in [1.29, 1.82) is 0 Å². The van der Waals surface area contributed by atoms with Gasteiger partial charge in [0.25, 0.3) is 0 Å². The van der Waals surface area contributed by atoms with E-state index in [1.165, 1.54) is 43.8 Å². The van der Waals surface area contributed by atoms with E-state index in [0.717, 1.165) is 4.47 Å². The Bertz CT molecular complexity index is 1270. The zero-order valence-corrected chi connectivity index (χ0v) is 16.3. The molecular weight excluding hydrogens is 392 g/mol. The Morgan fingerprint density at radius 1 is 0.407 bits per heavy atom. The van der Waals surface area contributed by atoms with E-state index in [1.54, 1.807) is 0 Å². The van der Waals surface area contributed by atoms with Crippen LogP contribution in [0.1, 0.15) is 0 Å². The summed E-state index contributed by atoms with van der Waals surface area (Å²) in [5.41, 5.74) is 5.06. The van der Waals surface area contributed by atoms with Crippen molar-refractivity contribution in [3.05, 3.63) is 108 Å². The van der Waals surface area contributed by atoms with Crippen LogP contribution in [0.4, 0.5) is 0 Å². The van der Waals surface area contributed by atoms with Gasteiger partial charge in [-0.3, -0.25) is 0 Å². The molecule has 5 aromatic rings. The molecule has 5 aromatic carbocycles. The average molecular weight is 409 g/mol. The summed E-state index contributed by atoms with van der Waals surface area (Å²) in [5.74, 6) is 0. The first-order valence-corrected chi connectivity index (χ1v) is 9.87. The first kappa shape index (κ1) is 16.3. The molecule has 0 saturated heterocycles. The van der Waals surface area contributed by atoms with Gasteiger partial charge in [0.2, 0.25) is 0 Å². The SMILES string of the molecule is Brc1cccc(-c2c(-c3ccccc3)c3ccccc3c3ccccc23)c1. The van der Waals surface area contributed by atoms with Crippen LogP contribution < -0.4 is 0 Å². The highest BCUT2D eigenvalue weighted by atomic mass is 79.9. The van der Waals surface area contributed by atoms with E-state index in [4.69, 9.17) is 0 Å². The largest absolute Gasteiger partial charge is 0.0622 e. The van der Waals surface area contributed by atoms with E-state index in [-0.39, 0.29) is 0 Å². The maximum absolute atomic E-state index is 3.65. The van der Waals surface area contributed by atoms with Crippen LogP contribution in [0.2, 0.25) is 0 Å². The molecule has 0 aliphatic rings. The second-order valence-corrected chi connectivity index (χ2v) is 7.63. The van der Waals surface area contributed by atoms with E-state index >= 15 is 0 Å². The molecule has 0 heterocycles. The molecule has 5 rings (SSSR count). The summed E-state index contributed by atoms with van der Waals surface area (Å²) >= 11 is 3.65. The second kappa shape index (κ2) is 6.68. The second-order valence-electron chi connectivity index (χ2n) is 6.72. The highest BCUT2D eigenvalue weighted by Crippen LogP contribution is 2.44. The molecule has 0 bridgehead atoms. The zero-order valence-electron chi connectivity index (χ0n) is 14.7. The summed E-state index contributed by atoms with van der Waals surface area (Å²) in [6, 6.07) is 36.8. The van der Waals surface area contributed by atoms with Gasteiger partial charge in [-0.25, -0.2) is 0 Å². The van der Waals surface area contributed by atoms with Gasteiger partial charge in [0.05, 0.1) is 0 Å². The summed E-state index contributed by atoms with van der Waals surface area (Å²) < 4.78 is 1.09. The maximum Gasteiger partial charge on any atom is 0.0181 e. The lowest BCUT2D eigenvalue weighted by Gasteiger charge is -2.18. The van der Waals surface area contributed by atoms with Crippen LogP contribution in [0.3, 0.4) is 0 Å². The number of rotatable bonds is 2. The fraction of sp³-hybridized carbons (Fsp3) is 0. The third-order valence-corrected chi connectivity index (χ3v) is 5.60. The van der Waals surface area contributed by atoms with Crippen LogP contribution in [-0.4, -0.2) is 0 Å². The number of hydrogen-bond acceptors (Lipinski definition) is 0. The van der Waals surface area contributed by atoms with E-state index in [9.17, 15) is 0 Å². The minimum Gasteiger partial charge on any atom is -0.0622 e. The van der Waals surface area contributed by atoms with Crippen LogP contribution in [0.25, 0.3) is 43.8 Å². The summed E-state index contributed by atoms with van der Waals surface area (Å²) in [7, 11) is 0. The predicted molar refractivity (Wildman–Crippen MR) is 120 cm³/mol. The lowest BCUT2D eigenvalue weighted by molar-refractivity contribution is 1.60. The molecule has 0 amide bonds. The molecule has 0 N–H and O–H groups in total. The standard InChI is InChI=1S/C26H17Br/c27-20-12-8-11-19(17-20)26-24-16-7-5-14-22(24)21-13-4-6-15-23(21)25(26)18-9-2-1-3-10-18/h1-17H. The number of hydrogen-bond donors (Lipinski definition) is 0. The average Bonchev–Trinajstić information content (AvgIpc) is 2.73. The van der Waals surface area contributed by atoms with Crippen LogP contribution in [-0.2, 0) is 0 Å². The van der Waals surface area contributed by atoms with Crippen molar-refractivity contribution < 1.29 is 0 Å². The number of halogens is 1. The Morgan fingerprint density at radius 2 is 0.889 bits per heavy atom. The van der Waals surface area contributed by atoms with E-state index < -0.39 is 0 Å². The van der Waals surface area contributed by atoms with E-state index in [0.29, 0.717) is 0 Å². The summed E-state index contributed by atoms with van der Waals surface area (Å²) in [6.45, 7) is 0. The fourth-order valence-corrected chi connectivity index (χ4v) is 4.39. The van der Waals surface area contributed by atoms with E-state index in [1.807, 2.05) is 0 Å². The van der Waals surface area contributed by atoms with Crippen molar-refractivity contribution in [2.75, 3.05) is 0 Å². The van der Waals surface area contributed by atoms with Gasteiger partial charge in [0.15, 0.2) is 0 Å². The summed E-state index contributed by atoms with van der Waals surface area (Å²) in [5, 5.41) is 5.17. The van der Waals surface area contributed by atoms with Gasteiger partial charge in [0.1, 0.15) is 0 Å². The highest BCUT2D eigenvalue weighted by Gasteiger charge is 2.17. The molecule has 0 atom stereocenters. The van der Waals surface area contributed by atoms with Crippen LogP contribution in [0.5, 0.6) is 0 Å². The topological polar surface area (TPSA) is 0 Å². The van der Waals surface area contributed by atoms with Crippen molar-refractivity contribution in [2.24, 2.45) is 0 Å². The molecule has 0 nitrogen and oxygen atoms in total. The summed E-state index contributed by atoms with van der Waals surface area (Å²) in [6.07, 6.45) is 0. The molecule has 0 unspecified atom stereocenters. The van der Waals surface area contributed by atoms with Crippen molar-refractivity contribution >= 4 is 37.5 Å². The van der Waals surface area contributed by atoms with Gasteiger partial charge in [-0.05, 0) is 55.9 Å². The molecule has 1 heteroatoms. The Balaban J connectivity index is 2.05. The fourth-order valence-electron chi connectivity index (χ4n) is 3.99. The lowest BCUT2D eigenvalue weighted by atomic mass is 9.85. The van der Waals surface area contributed by atoms with Crippen LogP contribution >= 0.6 is 15.9 Å². The molecule has 0 aliphatic carbocycles. The summed E-state index contributed by atoms with van der Waals surface area (Å²) in [4.78, 5) is 0.